The predicted octanol–water partition coefficient (Wildman–Crippen LogP) is 4.50. The number of anilines is 2. The molecule has 2 fully saturated rings. The van der Waals surface area contributed by atoms with Crippen molar-refractivity contribution in [2.24, 2.45) is 0 Å². The van der Waals surface area contributed by atoms with Gasteiger partial charge in [-0.2, -0.15) is 5.26 Å². The van der Waals surface area contributed by atoms with Crippen LogP contribution in [-0.2, 0) is 10.2 Å². The second-order valence-corrected chi connectivity index (χ2v) is 12.0. The average Bonchev–Trinajstić information content (AvgIpc) is 3.25. The molecule has 0 bridgehead atoms. The predicted molar refractivity (Wildman–Crippen MR) is 147 cm³/mol. The van der Waals surface area contributed by atoms with Crippen molar-refractivity contribution in [2.45, 2.75) is 63.5 Å². The van der Waals surface area contributed by atoms with E-state index in [1.54, 1.807) is 13.0 Å². The number of benzene rings is 2. The van der Waals surface area contributed by atoms with Crippen molar-refractivity contribution < 1.29 is 14.3 Å². The number of carbonyl (C=O) groups is 2. The number of ketones is 2. The first kappa shape index (κ1) is 25.1. The molecule has 7 heteroatoms. The number of Topliss-reactive ketones (excluding diaryl/α,β-unsaturated/α-hetero) is 2. The van der Waals surface area contributed by atoms with Crippen LogP contribution in [0.25, 0.3) is 0 Å². The maximum Gasteiger partial charge on any atom is 0.173 e. The Morgan fingerprint density at radius 1 is 1.08 bits per heavy atom. The molecule has 2 saturated heterocycles. The molecule has 2 atom stereocenters. The van der Waals surface area contributed by atoms with Crippen LogP contribution in [0.3, 0.4) is 0 Å². The lowest BCUT2D eigenvalue weighted by atomic mass is 9.56. The van der Waals surface area contributed by atoms with Crippen molar-refractivity contribution >= 4 is 22.9 Å². The van der Waals surface area contributed by atoms with Gasteiger partial charge in [-0.1, -0.05) is 19.9 Å². The van der Waals surface area contributed by atoms with Crippen LogP contribution in [0.5, 0.6) is 0 Å². The second-order valence-electron chi connectivity index (χ2n) is 12.0. The highest BCUT2D eigenvalue weighted by Crippen LogP contribution is 2.58. The van der Waals surface area contributed by atoms with Crippen molar-refractivity contribution in [1.82, 2.24) is 4.90 Å². The summed E-state index contributed by atoms with van der Waals surface area (Å²) in [6.07, 6.45) is 2.10. The van der Waals surface area contributed by atoms with Crippen LogP contribution in [0.4, 0.5) is 11.4 Å². The van der Waals surface area contributed by atoms with Gasteiger partial charge < -0.3 is 15.0 Å². The number of nitrogens with one attached hydrogen (secondary N) is 1. The van der Waals surface area contributed by atoms with Crippen LogP contribution in [0.15, 0.2) is 30.3 Å². The Hall–Kier alpha value is -3.21. The zero-order valence-corrected chi connectivity index (χ0v) is 22.8. The number of nitriles is 1. The Labute approximate surface area is 224 Å². The lowest BCUT2D eigenvalue weighted by molar-refractivity contribution is 0.0115. The Bertz CT molecular complexity index is 1360. The van der Waals surface area contributed by atoms with E-state index in [2.05, 4.69) is 48.0 Å². The number of piperidine rings is 1. The van der Waals surface area contributed by atoms with Crippen LogP contribution < -0.4 is 10.2 Å². The summed E-state index contributed by atoms with van der Waals surface area (Å²) < 4.78 is 5.54. The molecule has 2 aromatic rings. The molecule has 7 nitrogen and oxygen atoms in total. The number of carbonyl (C=O) groups excluding carboxylic acids is 2. The SMILES string of the molecule is CC(=O)c1cc2c(cc1N1CCC(N3CCOCC3)CC1)C(C)(C)[C@@]1(C)Nc3cc(C#N)ccc3[C@@H]1C2=O. The molecule has 6 rings (SSSR count). The van der Waals surface area contributed by atoms with Gasteiger partial charge in [-0.25, -0.2) is 0 Å². The van der Waals surface area contributed by atoms with Crippen molar-refractivity contribution in [3.63, 3.8) is 0 Å². The smallest absolute Gasteiger partial charge is 0.173 e. The summed E-state index contributed by atoms with van der Waals surface area (Å²) in [6.45, 7) is 13.5. The van der Waals surface area contributed by atoms with Crippen LogP contribution in [0.1, 0.15) is 83.9 Å². The molecular formula is C31H36N4O3. The van der Waals surface area contributed by atoms with Gasteiger partial charge in [-0.3, -0.25) is 14.5 Å². The standard InChI is InChI=1S/C31H36N4O3/c1-19(36)23-16-24-25(17-27(23)35-9-7-21(8-10-35)34-11-13-38-14-12-34)30(2,3)31(4)28(29(24)37)22-6-5-20(18-32)15-26(22)33-31/h5-6,15-17,21,28,33H,7-14H2,1-4H3/t28-,31+/m1/s1. The Balaban J connectivity index is 1.38. The van der Waals surface area contributed by atoms with E-state index in [-0.39, 0.29) is 17.5 Å². The first-order chi connectivity index (χ1) is 18.2. The Morgan fingerprint density at radius 2 is 1.79 bits per heavy atom. The van der Waals surface area contributed by atoms with E-state index in [4.69, 9.17) is 4.74 Å². The molecular weight excluding hydrogens is 476 g/mol. The molecule has 1 aliphatic carbocycles. The van der Waals surface area contributed by atoms with Crippen LogP contribution in [0.2, 0.25) is 0 Å². The highest BCUT2D eigenvalue weighted by Gasteiger charge is 2.59. The topological polar surface area (TPSA) is 85.7 Å². The number of morpholine rings is 1. The Kier molecular flexibility index (Phi) is 5.89. The van der Waals surface area contributed by atoms with Crippen LogP contribution in [0, 0.1) is 11.3 Å². The van der Waals surface area contributed by atoms with Gasteiger partial charge in [0.05, 0.1) is 36.3 Å². The summed E-state index contributed by atoms with van der Waals surface area (Å²) in [5, 5.41) is 13.1. The largest absolute Gasteiger partial charge is 0.379 e. The van der Waals surface area contributed by atoms with Gasteiger partial charge in [-0.05, 0) is 62.1 Å². The third-order valence-corrected chi connectivity index (χ3v) is 9.85. The molecule has 1 N–H and O–H groups in total. The van der Waals surface area contributed by atoms with E-state index < -0.39 is 11.0 Å². The van der Waals surface area contributed by atoms with Gasteiger partial charge in [0.25, 0.3) is 0 Å². The lowest BCUT2D eigenvalue weighted by Crippen LogP contribution is -2.58. The molecule has 0 amide bonds. The number of ether oxygens (including phenoxy) is 1. The molecule has 38 heavy (non-hydrogen) atoms. The van der Waals surface area contributed by atoms with Gasteiger partial charge in [0.2, 0.25) is 0 Å². The van der Waals surface area contributed by atoms with E-state index >= 15 is 0 Å². The first-order valence-electron chi connectivity index (χ1n) is 13.8. The zero-order chi connectivity index (χ0) is 26.8. The molecule has 0 aromatic heterocycles. The minimum absolute atomic E-state index is 0.0133. The molecule has 0 saturated carbocycles. The number of nitrogens with zero attached hydrogens (tertiary/aromatic N) is 3. The van der Waals surface area contributed by atoms with Crippen molar-refractivity contribution in [3.8, 4) is 6.07 Å². The third kappa shape index (κ3) is 3.61. The van der Waals surface area contributed by atoms with Crippen molar-refractivity contribution in [3.05, 3.63) is 58.1 Å². The number of fused-ring (bicyclic) bond motifs is 4. The van der Waals surface area contributed by atoms with E-state index in [1.165, 1.54) is 0 Å². The van der Waals surface area contributed by atoms with E-state index in [0.29, 0.717) is 22.7 Å². The zero-order valence-electron chi connectivity index (χ0n) is 22.8. The third-order valence-electron chi connectivity index (χ3n) is 9.85. The van der Waals surface area contributed by atoms with Gasteiger partial charge in [0.15, 0.2) is 11.6 Å². The maximum atomic E-state index is 14.1. The molecule has 3 heterocycles. The highest BCUT2D eigenvalue weighted by atomic mass is 16.5. The summed E-state index contributed by atoms with van der Waals surface area (Å²) in [4.78, 5) is 32.0. The number of hydrogen-bond donors (Lipinski definition) is 1. The summed E-state index contributed by atoms with van der Waals surface area (Å²) in [7, 11) is 0. The van der Waals surface area contributed by atoms with Crippen molar-refractivity contribution in [1.29, 1.82) is 5.26 Å². The summed E-state index contributed by atoms with van der Waals surface area (Å²) in [6, 6.07) is 12.3. The van der Waals surface area contributed by atoms with Crippen LogP contribution >= 0.6 is 0 Å². The molecule has 0 spiro atoms. The first-order valence-corrected chi connectivity index (χ1v) is 13.8. The summed E-state index contributed by atoms with van der Waals surface area (Å²) >= 11 is 0. The van der Waals surface area contributed by atoms with Gasteiger partial charge in [-0.15, -0.1) is 0 Å². The minimum Gasteiger partial charge on any atom is -0.379 e. The number of hydrogen-bond acceptors (Lipinski definition) is 7. The maximum absolute atomic E-state index is 14.1. The Morgan fingerprint density at radius 3 is 2.45 bits per heavy atom. The van der Waals surface area contributed by atoms with E-state index in [0.717, 1.165) is 74.7 Å². The van der Waals surface area contributed by atoms with Crippen molar-refractivity contribution in [2.75, 3.05) is 49.6 Å². The van der Waals surface area contributed by atoms with Crippen LogP contribution in [-0.4, -0.2) is 67.4 Å². The molecule has 198 valence electrons. The average molecular weight is 513 g/mol. The molecule has 4 aliphatic rings. The lowest BCUT2D eigenvalue weighted by Gasteiger charge is -2.50. The second kappa shape index (κ2) is 8.93. The van der Waals surface area contributed by atoms with E-state index in [9.17, 15) is 14.9 Å². The quantitative estimate of drug-likeness (QED) is 0.606. The molecule has 2 aromatic carbocycles. The van der Waals surface area contributed by atoms with Gasteiger partial charge in [0.1, 0.15) is 0 Å². The van der Waals surface area contributed by atoms with Gasteiger partial charge in [0, 0.05) is 60.1 Å². The molecule has 0 radical (unpaired) electrons. The molecule has 0 unspecified atom stereocenters. The fourth-order valence-electron chi connectivity index (χ4n) is 7.27. The fourth-order valence-corrected chi connectivity index (χ4v) is 7.27. The van der Waals surface area contributed by atoms with Gasteiger partial charge >= 0.3 is 0 Å². The fraction of sp³-hybridized carbons (Fsp3) is 0.516. The monoisotopic (exact) mass is 512 g/mol. The summed E-state index contributed by atoms with van der Waals surface area (Å²) in [5.74, 6) is -0.360. The van der Waals surface area contributed by atoms with E-state index in [1.807, 2.05) is 18.2 Å². The number of rotatable bonds is 3. The highest BCUT2D eigenvalue weighted by molar-refractivity contribution is 6.11. The normalized spacial score (nSPS) is 26.7. The summed E-state index contributed by atoms with van der Waals surface area (Å²) in [5.41, 5.74) is 4.58. The molecule has 3 aliphatic heterocycles. The minimum atomic E-state index is -0.564.